The molecule has 2 rings (SSSR count). The van der Waals surface area contributed by atoms with Crippen LogP contribution >= 0.6 is 0 Å². The Balaban J connectivity index is 2.19. The summed E-state index contributed by atoms with van der Waals surface area (Å²) in [6.45, 7) is 4.04. The summed E-state index contributed by atoms with van der Waals surface area (Å²) in [6.07, 6.45) is 2.20. The second kappa shape index (κ2) is 5.93. The van der Waals surface area contributed by atoms with Gasteiger partial charge >= 0.3 is 0 Å². The first-order valence-electron chi connectivity index (χ1n) is 6.54. The molecule has 104 valence electrons. The Morgan fingerprint density at radius 2 is 2.11 bits per heavy atom. The molecule has 0 radical (unpaired) electrons. The average Bonchev–Trinajstić information content (AvgIpc) is 2.42. The number of likely N-dealkylation sites (tertiary alicyclic amines) is 1. The number of rotatable bonds is 3. The van der Waals surface area contributed by atoms with Crippen LogP contribution < -0.4 is 10.5 Å². The van der Waals surface area contributed by atoms with Gasteiger partial charge in [-0.25, -0.2) is 0 Å². The van der Waals surface area contributed by atoms with Crippen LogP contribution in [0.25, 0.3) is 0 Å². The van der Waals surface area contributed by atoms with Crippen LogP contribution in [0.3, 0.4) is 0 Å². The quantitative estimate of drug-likeness (QED) is 0.376. The number of nitrogens with two attached hydrogens (primary N) is 1. The number of benzene rings is 1. The highest BCUT2D eigenvalue weighted by Gasteiger charge is 2.20. The summed E-state index contributed by atoms with van der Waals surface area (Å²) >= 11 is 0. The van der Waals surface area contributed by atoms with Gasteiger partial charge in [0.15, 0.2) is 5.84 Å². The highest BCUT2D eigenvalue weighted by Crippen LogP contribution is 2.26. The molecule has 0 spiro atoms. The van der Waals surface area contributed by atoms with Gasteiger partial charge in [0.25, 0.3) is 0 Å². The van der Waals surface area contributed by atoms with Gasteiger partial charge in [-0.15, -0.1) is 0 Å². The van der Waals surface area contributed by atoms with E-state index in [4.69, 9.17) is 15.7 Å². The van der Waals surface area contributed by atoms with Crippen molar-refractivity contribution >= 4 is 5.84 Å². The zero-order valence-corrected chi connectivity index (χ0v) is 11.5. The third-order valence-corrected chi connectivity index (χ3v) is 3.55. The molecule has 1 aliphatic rings. The Morgan fingerprint density at radius 3 is 2.74 bits per heavy atom. The number of piperidine rings is 1. The minimum atomic E-state index is 0.0895. The Morgan fingerprint density at radius 1 is 1.42 bits per heavy atom. The summed E-state index contributed by atoms with van der Waals surface area (Å²) in [5.74, 6) is 0.819. The fourth-order valence-corrected chi connectivity index (χ4v) is 2.33. The van der Waals surface area contributed by atoms with E-state index in [0.717, 1.165) is 37.2 Å². The van der Waals surface area contributed by atoms with E-state index in [1.54, 1.807) is 0 Å². The molecule has 0 unspecified atom stereocenters. The largest absolute Gasteiger partial charge is 0.489 e. The average molecular weight is 263 g/mol. The van der Waals surface area contributed by atoms with Crippen molar-refractivity contribution < 1.29 is 9.94 Å². The third-order valence-electron chi connectivity index (χ3n) is 3.55. The van der Waals surface area contributed by atoms with Crippen molar-refractivity contribution in [1.29, 1.82) is 0 Å². The molecule has 1 aromatic rings. The molecule has 1 aliphatic heterocycles. The standard InChI is InChI=1S/C14H21N3O2/c1-10-4-3-5-12(14(15)16-18)13(10)19-11-6-8-17(2)9-7-11/h3-5,11,18H,6-9H2,1-2H3,(H2,15,16). The molecule has 0 amide bonds. The molecule has 1 fully saturated rings. The number of nitrogens with zero attached hydrogens (tertiary/aromatic N) is 2. The van der Waals surface area contributed by atoms with E-state index in [0.29, 0.717) is 5.56 Å². The maximum Gasteiger partial charge on any atom is 0.173 e. The number of ether oxygens (including phenoxy) is 1. The van der Waals surface area contributed by atoms with Gasteiger partial charge in [-0.05, 0) is 38.4 Å². The summed E-state index contributed by atoms with van der Waals surface area (Å²) in [7, 11) is 2.12. The van der Waals surface area contributed by atoms with Crippen molar-refractivity contribution in [3.63, 3.8) is 0 Å². The van der Waals surface area contributed by atoms with Gasteiger partial charge in [-0.1, -0.05) is 17.3 Å². The van der Waals surface area contributed by atoms with Crippen LogP contribution in [-0.2, 0) is 0 Å². The Kier molecular flexibility index (Phi) is 4.27. The molecule has 5 heteroatoms. The number of hydrogen-bond acceptors (Lipinski definition) is 4. The predicted octanol–water partition coefficient (Wildman–Crippen LogP) is 1.56. The van der Waals surface area contributed by atoms with Crippen LogP contribution in [0.2, 0.25) is 0 Å². The molecule has 1 heterocycles. The number of para-hydroxylation sites is 1. The molecule has 1 aromatic carbocycles. The van der Waals surface area contributed by atoms with Crippen molar-refractivity contribution in [3.8, 4) is 5.75 Å². The number of oxime groups is 1. The van der Waals surface area contributed by atoms with Gasteiger partial charge in [0.05, 0.1) is 5.56 Å². The zero-order chi connectivity index (χ0) is 13.8. The maximum atomic E-state index is 8.84. The van der Waals surface area contributed by atoms with Crippen molar-refractivity contribution in [2.75, 3.05) is 20.1 Å². The predicted molar refractivity (Wildman–Crippen MR) is 74.8 cm³/mol. The molecular weight excluding hydrogens is 242 g/mol. The lowest BCUT2D eigenvalue weighted by Gasteiger charge is -2.30. The second-order valence-electron chi connectivity index (χ2n) is 5.06. The summed E-state index contributed by atoms with van der Waals surface area (Å²) in [6, 6.07) is 5.66. The minimum Gasteiger partial charge on any atom is -0.489 e. The van der Waals surface area contributed by atoms with Crippen molar-refractivity contribution in [1.82, 2.24) is 4.90 Å². The molecule has 19 heavy (non-hydrogen) atoms. The smallest absolute Gasteiger partial charge is 0.173 e. The van der Waals surface area contributed by atoms with Crippen molar-refractivity contribution in [2.24, 2.45) is 10.9 Å². The van der Waals surface area contributed by atoms with Crippen LogP contribution in [0, 0.1) is 6.92 Å². The highest BCUT2D eigenvalue weighted by molar-refractivity contribution is 5.99. The highest BCUT2D eigenvalue weighted by atomic mass is 16.5. The van der Waals surface area contributed by atoms with Gasteiger partial charge in [0.1, 0.15) is 11.9 Å². The normalized spacial score (nSPS) is 18.5. The summed E-state index contributed by atoms with van der Waals surface area (Å²) in [5.41, 5.74) is 7.36. The fraction of sp³-hybridized carbons (Fsp3) is 0.500. The van der Waals surface area contributed by atoms with Crippen LogP contribution in [0.4, 0.5) is 0 Å². The maximum absolute atomic E-state index is 8.84. The Bertz CT molecular complexity index is 466. The van der Waals surface area contributed by atoms with Gasteiger partial charge < -0.3 is 20.6 Å². The van der Waals surface area contributed by atoms with E-state index in [1.165, 1.54) is 0 Å². The van der Waals surface area contributed by atoms with Gasteiger partial charge in [-0.2, -0.15) is 0 Å². The van der Waals surface area contributed by atoms with E-state index in [1.807, 2.05) is 25.1 Å². The minimum absolute atomic E-state index is 0.0895. The molecule has 0 saturated carbocycles. The first kappa shape index (κ1) is 13.7. The zero-order valence-electron chi connectivity index (χ0n) is 11.5. The van der Waals surface area contributed by atoms with Crippen molar-refractivity contribution in [2.45, 2.75) is 25.9 Å². The lowest BCUT2D eigenvalue weighted by Crippen LogP contribution is -2.36. The Labute approximate surface area is 113 Å². The first-order chi connectivity index (χ1) is 9.11. The van der Waals surface area contributed by atoms with Gasteiger partial charge in [0, 0.05) is 13.1 Å². The molecule has 1 saturated heterocycles. The molecule has 5 nitrogen and oxygen atoms in total. The van der Waals surface area contributed by atoms with Crippen LogP contribution in [0.1, 0.15) is 24.0 Å². The molecule has 0 aliphatic carbocycles. The summed E-state index contributed by atoms with van der Waals surface area (Å²) in [5, 5.41) is 11.9. The molecular formula is C14H21N3O2. The lowest BCUT2D eigenvalue weighted by molar-refractivity contribution is 0.113. The van der Waals surface area contributed by atoms with Crippen LogP contribution in [-0.4, -0.2) is 42.2 Å². The topological polar surface area (TPSA) is 71.1 Å². The first-order valence-corrected chi connectivity index (χ1v) is 6.54. The van der Waals surface area contributed by atoms with E-state index < -0.39 is 0 Å². The Hall–Kier alpha value is -1.75. The summed E-state index contributed by atoms with van der Waals surface area (Å²) in [4.78, 5) is 2.29. The molecule has 3 N–H and O–H groups in total. The molecule has 0 bridgehead atoms. The van der Waals surface area contributed by atoms with E-state index in [-0.39, 0.29) is 11.9 Å². The SMILES string of the molecule is Cc1cccc(/C(N)=N/O)c1OC1CCN(C)CC1. The van der Waals surface area contributed by atoms with Crippen LogP contribution in [0.5, 0.6) is 5.75 Å². The van der Waals surface area contributed by atoms with Crippen LogP contribution in [0.15, 0.2) is 23.4 Å². The van der Waals surface area contributed by atoms with Gasteiger partial charge in [0.2, 0.25) is 0 Å². The number of hydrogen-bond donors (Lipinski definition) is 2. The van der Waals surface area contributed by atoms with E-state index >= 15 is 0 Å². The lowest BCUT2D eigenvalue weighted by atomic mass is 10.1. The second-order valence-corrected chi connectivity index (χ2v) is 5.06. The van der Waals surface area contributed by atoms with Crippen molar-refractivity contribution in [3.05, 3.63) is 29.3 Å². The number of amidine groups is 1. The fourth-order valence-electron chi connectivity index (χ4n) is 2.33. The monoisotopic (exact) mass is 263 g/mol. The van der Waals surface area contributed by atoms with E-state index in [2.05, 4.69) is 17.1 Å². The molecule has 0 aromatic heterocycles. The summed E-state index contributed by atoms with van der Waals surface area (Å²) < 4.78 is 6.09. The van der Waals surface area contributed by atoms with E-state index in [9.17, 15) is 0 Å². The molecule has 0 atom stereocenters. The van der Waals surface area contributed by atoms with Gasteiger partial charge in [-0.3, -0.25) is 0 Å². The number of aryl methyl sites for hydroxylation is 1. The third kappa shape index (κ3) is 3.17.